The third-order valence-corrected chi connectivity index (χ3v) is 3.38. The monoisotopic (exact) mass is 389 g/mol. The van der Waals surface area contributed by atoms with Gasteiger partial charge in [-0.25, -0.2) is 0 Å². The van der Waals surface area contributed by atoms with Gasteiger partial charge in [0, 0.05) is 10.0 Å². The van der Waals surface area contributed by atoms with Crippen LogP contribution >= 0.6 is 28.1 Å². The Kier molecular flexibility index (Phi) is 6.77. The highest BCUT2D eigenvalue weighted by atomic mass is 79.9. The molecular weight excluding hydrogens is 374 g/mol. The molecule has 0 saturated heterocycles. The van der Waals surface area contributed by atoms with Gasteiger partial charge in [0.1, 0.15) is 12.4 Å². The first-order chi connectivity index (χ1) is 11.1. The summed E-state index contributed by atoms with van der Waals surface area (Å²) in [7, 11) is 0. The second-order valence-corrected chi connectivity index (χ2v) is 5.90. The second-order valence-electron chi connectivity index (χ2n) is 4.54. The van der Waals surface area contributed by atoms with Crippen LogP contribution in [-0.2, 0) is 0 Å². The number of nitrogens with one attached hydrogen (secondary N) is 1. The zero-order chi connectivity index (χ0) is 16.5. The fourth-order valence-electron chi connectivity index (χ4n) is 1.80. The van der Waals surface area contributed by atoms with Gasteiger partial charge < -0.3 is 10.5 Å². The van der Waals surface area contributed by atoms with Crippen LogP contribution in [0.3, 0.4) is 0 Å². The van der Waals surface area contributed by atoms with Crippen LogP contribution in [0.1, 0.15) is 11.1 Å². The Morgan fingerprint density at radius 3 is 2.78 bits per heavy atom. The summed E-state index contributed by atoms with van der Waals surface area (Å²) in [6.45, 7) is 0.458. The van der Waals surface area contributed by atoms with E-state index in [1.54, 1.807) is 6.21 Å². The molecule has 23 heavy (non-hydrogen) atoms. The van der Waals surface area contributed by atoms with Gasteiger partial charge in [-0.05, 0) is 42.1 Å². The molecule has 3 N–H and O–H groups in total. The minimum atomic E-state index is 0.115. The van der Waals surface area contributed by atoms with Crippen molar-refractivity contribution in [1.82, 2.24) is 5.43 Å². The van der Waals surface area contributed by atoms with E-state index in [1.807, 2.05) is 60.7 Å². The fourth-order valence-corrected chi connectivity index (χ4v) is 2.23. The van der Waals surface area contributed by atoms with Crippen molar-refractivity contribution in [2.24, 2.45) is 10.8 Å². The molecule has 0 aromatic heterocycles. The van der Waals surface area contributed by atoms with Crippen LogP contribution in [-0.4, -0.2) is 17.9 Å². The molecule has 0 bridgehead atoms. The minimum absolute atomic E-state index is 0.115. The van der Waals surface area contributed by atoms with Crippen molar-refractivity contribution < 1.29 is 4.74 Å². The van der Waals surface area contributed by atoms with E-state index >= 15 is 0 Å². The van der Waals surface area contributed by atoms with E-state index in [9.17, 15) is 0 Å². The standard InChI is InChI=1S/C17H16BrN3OS/c18-15-8-9-16(14(11-15)12-20-21-17(19)23)22-10-4-7-13-5-2-1-3-6-13/h1-9,11-12H,10H2,(H3,19,21,23). The molecule has 0 spiro atoms. The van der Waals surface area contributed by atoms with Gasteiger partial charge in [-0.15, -0.1) is 0 Å². The number of hydrazone groups is 1. The average Bonchev–Trinajstić information content (AvgIpc) is 2.54. The average molecular weight is 390 g/mol. The van der Waals surface area contributed by atoms with Gasteiger partial charge in [0.25, 0.3) is 0 Å². The van der Waals surface area contributed by atoms with Crippen LogP contribution < -0.4 is 15.9 Å². The molecule has 0 radical (unpaired) electrons. The Bertz CT molecular complexity index is 717. The minimum Gasteiger partial charge on any atom is -0.489 e. The molecule has 2 rings (SSSR count). The third kappa shape index (κ3) is 6.22. The number of halogens is 1. The summed E-state index contributed by atoms with van der Waals surface area (Å²) in [4.78, 5) is 0. The number of rotatable bonds is 6. The highest BCUT2D eigenvalue weighted by Crippen LogP contribution is 2.21. The molecule has 0 fully saturated rings. The van der Waals surface area contributed by atoms with Crippen LogP contribution in [0, 0.1) is 0 Å². The number of hydrogen-bond donors (Lipinski definition) is 2. The summed E-state index contributed by atoms with van der Waals surface area (Å²) < 4.78 is 6.71. The lowest BCUT2D eigenvalue weighted by molar-refractivity contribution is 0.363. The molecule has 0 unspecified atom stereocenters. The Hall–Kier alpha value is -2.18. The van der Waals surface area contributed by atoms with Gasteiger partial charge in [-0.1, -0.05) is 52.3 Å². The van der Waals surface area contributed by atoms with E-state index in [0.29, 0.717) is 6.61 Å². The first kappa shape index (κ1) is 17.2. The van der Waals surface area contributed by atoms with Crippen LogP contribution in [0.4, 0.5) is 0 Å². The maximum atomic E-state index is 5.78. The van der Waals surface area contributed by atoms with Crippen molar-refractivity contribution in [3.63, 3.8) is 0 Å². The summed E-state index contributed by atoms with van der Waals surface area (Å²) in [5.74, 6) is 0.722. The van der Waals surface area contributed by atoms with E-state index < -0.39 is 0 Å². The van der Waals surface area contributed by atoms with Crippen LogP contribution in [0.15, 0.2) is 64.2 Å². The third-order valence-electron chi connectivity index (χ3n) is 2.80. The quantitative estimate of drug-likeness (QED) is 0.449. The zero-order valence-corrected chi connectivity index (χ0v) is 14.7. The van der Waals surface area contributed by atoms with E-state index in [0.717, 1.165) is 21.3 Å². The molecule has 0 heterocycles. The topological polar surface area (TPSA) is 59.6 Å². The zero-order valence-electron chi connectivity index (χ0n) is 12.3. The lowest BCUT2D eigenvalue weighted by atomic mass is 10.2. The Morgan fingerprint density at radius 1 is 1.26 bits per heavy atom. The SMILES string of the molecule is NC(=S)NN=Cc1cc(Br)ccc1OCC=Cc1ccccc1. The highest BCUT2D eigenvalue weighted by molar-refractivity contribution is 9.10. The molecule has 2 aromatic carbocycles. The maximum absolute atomic E-state index is 5.78. The van der Waals surface area contributed by atoms with Gasteiger partial charge in [0.2, 0.25) is 0 Å². The fraction of sp³-hybridized carbons (Fsp3) is 0.0588. The maximum Gasteiger partial charge on any atom is 0.184 e. The van der Waals surface area contributed by atoms with E-state index in [2.05, 4.69) is 26.5 Å². The van der Waals surface area contributed by atoms with E-state index in [4.69, 9.17) is 22.7 Å². The summed E-state index contributed by atoms with van der Waals surface area (Å²) in [5.41, 5.74) is 9.81. The molecule has 0 saturated carbocycles. The first-order valence-electron chi connectivity index (χ1n) is 6.87. The molecule has 2 aromatic rings. The van der Waals surface area contributed by atoms with Crippen molar-refractivity contribution in [2.45, 2.75) is 0 Å². The molecule has 4 nitrogen and oxygen atoms in total. The number of nitrogens with zero attached hydrogens (tertiary/aromatic N) is 1. The van der Waals surface area contributed by atoms with Crippen molar-refractivity contribution in [3.8, 4) is 5.75 Å². The number of benzene rings is 2. The number of hydrogen-bond acceptors (Lipinski definition) is 3. The molecule has 6 heteroatoms. The second kappa shape index (κ2) is 9.07. The molecule has 118 valence electrons. The molecule has 0 aliphatic heterocycles. The van der Waals surface area contributed by atoms with Crippen molar-refractivity contribution in [2.75, 3.05) is 6.61 Å². The van der Waals surface area contributed by atoms with Crippen molar-refractivity contribution in [1.29, 1.82) is 0 Å². The predicted octanol–water partition coefficient (Wildman–Crippen LogP) is 3.71. The predicted molar refractivity (Wildman–Crippen MR) is 103 cm³/mol. The molecule has 0 aliphatic rings. The normalized spacial score (nSPS) is 11.0. The van der Waals surface area contributed by atoms with Gasteiger partial charge in [-0.2, -0.15) is 5.10 Å². The molecule has 0 amide bonds. The lowest BCUT2D eigenvalue weighted by Crippen LogP contribution is -2.24. The van der Waals surface area contributed by atoms with Gasteiger partial charge in [0.15, 0.2) is 5.11 Å². The van der Waals surface area contributed by atoms with Gasteiger partial charge in [0.05, 0.1) is 6.21 Å². The smallest absolute Gasteiger partial charge is 0.184 e. The molecule has 0 aliphatic carbocycles. The summed E-state index contributed by atoms with van der Waals surface area (Å²) in [6, 6.07) is 15.8. The molecular formula is C17H16BrN3OS. The van der Waals surface area contributed by atoms with Crippen LogP contribution in [0.5, 0.6) is 5.75 Å². The van der Waals surface area contributed by atoms with Crippen LogP contribution in [0.25, 0.3) is 6.08 Å². The number of thiocarbonyl (C=S) groups is 1. The Labute approximate surface area is 149 Å². The summed E-state index contributed by atoms with van der Waals surface area (Å²) in [6.07, 6.45) is 5.59. The number of ether oxygens (including phenoxy) is 1. The summed E-state index contributed by atoms with van der Waals surface area (Å²) in [5, 5.41) is 4.07. The molecule has 0 atom stereocenters. The Balaban J connectivity index is 2.00. The highest BCUT2D eigenvalue weighted by Gasteiger charge is 2.02. The number of nitrogens with two attached hydrogens (primary N) is 1. The van der Waals surface area contributed by atoms with E-state index in [-0.39, 0.29) is 5.11 Å². The van der Waals surface area contributed by atoms with Crippen molar-refractivity contribution >= 4 is 45.6 Å². The van der Waals surface area contributed by atoms with Gasteiger partial charge >= 0.3 is 0 Å². The van der Waals surface area contributed by atoms with Crippen molar-refractivity contribution in [3.05, 3.63) is 70.2 Å². The van der Waals surface area contributed by atoms with Gasteiger partial charge in [-0.3, -0.25) is 5.43 Å². The van der Waals surface area contributed by atoms with E-state index in [1.165, 1.54) is 0 Å². The largest absolute Gasteiger partial charge is 0.489 e. The first-order valence-corrected chi connectivity index (χ1v) is 8.08. The lowest BCUT2D eigenvalue weighted by Gasteiger charge is -2.07. The van der Waals surface area contributed by atoms with Crippen LogP contribution in [0.2, 0.25) is 0 Å². The summed E-state index contributed by atoms with van der Waals surface area (Å²) >= 11 is 8.13. The Morgan fingerprint density at radius 2 is 2.04 bits per heavy atom.